The first kappa shape index (κ1) is 11.4. The Bertz CT molecular complexity index is 343. The minimum absolute atomic E-state index is 0.374. The second-order valence-corrected chi connectivity index (χ2v) is 3.03. The average molecular weight is 211 g/mol. The fourth-order valence-electron chi connectivity index (χ4n) is 0.987. The van der Waals surface area contributed by atoms with Crippen LogP contribution in [0.15, 0.2) is 12.4 Å². The molecule has 0 spiro atoms. The van der Waals surface area contributed by atoms with E-state index in [1.165, 1.54) is 6.33 Å². The van der Waals surface area contributed by atoms with Gasteiger partial charge < -0.3 is 15.2 Å². The lowest BCUT2D eigenvalue weighted by atomic mass is 10.3. The van der Waals surface area contributed by atoms with Crippen LogP contribution >= 0.6 is 0 Å². The molecule has 6 heteroatoms. The molecule has 0 saturated heterocycles. The molecule has 0 bridgehead atoms. The highest BCUT2D eigenvalue weighted by molar-refractivity contribution is 5.76. The summed E-state index contributed by atoms with van der Waals surface area (Å²) in [5.74, 6) is -0.450. The first-order valence-electron chi connectivity index (χ1n) is 4.42. The Morgan fingerprint density at radius 1 is 1.67 bits per heavy atom. The summed E-state index contributed by atoms with van der Waals surface area (Å²) in [6, 6.07) is 0.971. The number of aromatic nitrogens is 2. The Labute approximate surface area is 87.3 Å². The van der Waals surface area contributed by atoms with Gasteiger partial charge in [0, 0.05) is 13.2 Å². The van der Waals surface area contributed by atoms with Crippen molar-refractivity contribution in [3.8, 4) is 0 Å². The molecule has 1 aromatic rings. The lowest BCUT2D eigenvalue weighted by Crippen LogP contribution is -2.25. The predicted octanol–water partition coefficient (Wildman–Crippen LogP) is 0.508. The maximum absolute atomic E-state index is 10.6. The third-order valence-corrected chi connectivity index (χ3v) is 1.75. The van der Waals surface area contributed by atoms with E-state index in [0.717, 1.165) is 0 Å². The molecule has 0 amide bonds. The molecule has 0 aliphatic carbocycles. The van der Waals surface area contributed by atoms with Crippen LogP contribution in [0.4, 0.5) is 5.82 Å². The van der Waals surface area contributed by atoms with Crippen LogP contribution < -0.4 is 5.32 Å². The molecule has 1 atom stereocenters. The van der Waals surface area contributed by atoms with Gasteiger partial charge in [-0.3, -0.25) is 4.79 Å². The van der Waals surface area contributed by atoms with Gasteiger partial charge in [-0.25, -0.2) is 9.97 Å². The topological polar surface area (TPSA) is 84.3 Å². The van der Waals surface area contributed by atoms with E-state index in [2.05, 4.69) is 15.3 Å². The third kappa shape index (κ3) is 3.51. The number of hydrogen-bond donors (Lipinski definition) is 2. The lowest BCUT2D eigenvalue weighted by molar-refractivity contribution is -0.137. The van der Waals surface area contributed by atoms with Crippen molar-refractivity contribution in [1.82, 2.24) is 9.97 Å². The summed E-state index contributed by atoms with van der Waals surface area (Å²) < 4.78 is 4.90. The summed E-state index contributed by atoms with van der Waals surface area (Å²) in [6.45, 7) is 1.92. The van der Waals surface area contributed by atoms with Crippen molar-refractivity contribution >= 4 is 11.8 Å². The molecule has 1 heterocycles. The van der Waals surface area contributed by atoms with Gasteiger partial charge in [0.1, 0.15) is 18.2 Å². The van der Waals surface area contributed by atoms with Crippen LogP contribution in [0, 0.1) is 0 Å². The highest BCUT2D eigenvalue weighted by Gasteiger charge is 2.10. The summed E-state index contributed by atoms with van der Waals surface area (Å²) in [7, 11) is 1.56. The molecule has 1 aromatic heterocycles. The molecule has 2 N–H and O–H groups in total. The first-order chi connectivity index (χ1) is 7.13. The number of ether oxygens (including phenoxy) is 1. The largest absolute Gasteiger partial charge is 0.480 e. The second kappa shape index (κ2) is 5.26. The standard InChI is InChI=1S/C9H13N3O3/c1-6(9(13)14)12-8-3-7(4-15-2)10-5-11-8/h3,5-6H,4H2,1-2H3,(H,13,14)(H,10,11,12). The number of methoxy groups -OCH3 is 1. The number of aliphatic carboxylic acids is 1. The fourth-order valence-corrected chi connectivity index (χ4v) is 0.987. The van der Waals surface area contributed by atoms with E-state index < -0.39 is 12.0 Å². The van der Waals surface area contributed by atoms with Crippen molar-refractivity contribution in [2.45, 2.75) is 19.6 Å². The summed E-state index contributed by atoms with van der Waals surface area (Å²) in [5.41, 5.74) is 0.701. The van der Waals surface area contributed by atoms with Gasteiger partial charge in [-0.2, -0.15) is 0 Å². The van der Waals surface area contributed by atoms with Crippen LogP contribution in [0.5, 0.6) is 0 Å². The molecule has 6 nitrogen and oxygen atoms in total. The average Bonchev–Trinajstić information content (AvgIpc) is 2.18. The number of carbonyl (C=O) groups is 1. The molecule has 0 aliphatic heterocycles. The minimum atomic E-state index is -0.929. The lowest BCUT2D eigenvalue weighted by Gasteiger charge is -2.09. The molecule has 15 heavy (non-hydrogen) atoms. The SMILES string of the molecule is COCc1cc(NC(C)C(=O)O)ncn1. The second-order valence-electron chi connectivity index (χ2n) is 3.03. The van der Waals surface area contributed by atoms with Crippen molar-refractivity contribution in [3.63, 3.8) is 0 Å². The Morgan fingerprint density at radius 3 is 3.00 bits per heavy atom. The van der Waals surface area contributed by atoms with E-state index in [-0.39, 0.29) is 0 Å². The molecule has 0 saturated carbocycles. The van der Waals surface area contributed by atoms with Gasteiger partial charge in [-0.1, -0.05) is 0 Å². The van der Waals surface area contributed by atoms with Gasteiger partial charge in [0.2, 0.25) is 0 Å². The number of hydrogen-bond acceptors (Lipinski definition) is 5. The van der Waals surface area contributed by atoms with Gasteiger partial charge >= 0.3 is 5.97 Å². The maximum atomic E-state index is 10.6. The molecule has 0 radical (unpaired) electrons. The van der Waals surface area contributed by atoms with Gasteiger partial charge in [0.25, 0.3) is 0 Å². The summed E-state index contributed by atoms with van der Waals surface area (Å²) >= 11 is 0. The monoisotopic (exact) mass is 211 g/mol. The zero-order valence-corrected chi connectivity index (χ0v) is 8.60. The van der Waals surface area contributed by atoms with Gasteiger partial charge in [0.05, 0.1) is 12.3 Å². The van der Waals surface area contributed by atoms with Crippen molar-refractivity contribution in [3.05, 3.63) is 18.1 Å². The van der Waals surface area contributed by atoms with Crippen LogP contribution in [0.2, 0.25) is 0 Å². The molecule has 0 aromatic carbocycles. The number of carboxylic acids is 1. The Hall–Kier alpha value is -1.69. The van der Waals surface area contributed by atoms with Crippen LogP contribution in [0.25, 0.3) is 0 Å². The van der Waals surface area contributed by atoms with E-state index in [1.54, 1.807) is 20.1 Å². The fraction of sp³-hybridized carbons (Fsp3) is 0.444. The summed E-state index contributed by atoms with van der Waals surface area (Å²) in [4.78, 5) is 18.4. The molecular formula is C9H13N3O3. The molecule has 0 aliphatic rings. The van der Waals surface area contributed by atoms with E-state index in [9.17, 15) is 4.79 Å². The summed E-state index contributed by atoms with van der Waals surface area (Å²) in [6.07, 6.45) is 1.37. The van der Waals surface area contributed by atoms with Crippen LogP contribution in [-0.2, 0) is 16.1 Å². The van der Waals surface area contributed by atoms with E-state index >= 15 is 0 Å². The highest BCUT2D eigenvalue weighted by Crippen LogP contribution is 2.06. The maximum Gasteiger partial charge on any atom is 0.325 e. The van der Waals surface area contributed by atoms with Crippen LogP contribution in [-0.4, -0.2) is 34.2 Å². The smallest absolute Gasteiger partial charge is 0.325 e. The minimum Gasteiger partial charge on any atom is -0.480 e. The Morgan fingerprint density at radius 2 is 2.40 bits per heavy atom. The Kier molecular flexibility index (Phi) is 3.99. The van der Waals surface area contributed by atoms with Gasteiger partial charge in [0.15, 0.2) is 0 Å². The molecule has 82 valence electrons. The number of carboxylic acid groups (broad SMARTS) is 1. The third-order valence-electron chi connectivity index (χ3n) is 1.75. The Balaban J connectivity index is 2.68. The van der Waals surface area contributed by atoms with Crippen molar-refractivity contribution in [2.24, 2.45) is 0 Å². The highest BCUT2D eigenvalue weighted by atomic mass is 16.5. The molecule has 0 fully saturated rings. The van der Waals surface area contributed by atoms with Crippen LogP contribution in [0.3, 0.4) is 0 Å². The van der Waals surface area contributed by atoms with E-state index in [1.807, 2.05) is 0 Å². The van der Waals surface area contributed by atoms with E-state index in [0.29, 0.717) is 18.1 Å². The van der Waals surface area contributed by atoms with Crippen LogP contribution in [0.1, 0.15) is 12.6 Å². The number of nitrogens with zero attached hydrogens (tertiary/aromatic N) is 2. The van der Waals surface area contributed by atoms with E-state index in [4.69, 9.17) is 9.84 Å². The quantitative estimate of drug-likeness (QED) is 0.738. The zero-order valence-electron chi connectivity index (χ0n) is 8.60. The number of anilines is 1. The van der Waals surface area contributed by atoms with Crippen molar-refractivity contribution in [1.29, 1.82) is 0 Å². The summed E-state index contributed by atoms with van der Waals surface area (Å²) in [5, 5.41) is 11.4. The molecule has 1 rings (SSSR count). The van der Waals surface area contributed by atoms with Crippen molar-refractivity contribution in [2.75, 3.05) is 12.4 Å². The predicted molar refractivity (Wildman–Crippen MR) is 53.5 cm³/mol. The van der Waals surface area contributed by atoms with Crippen molar-refractivity contribution < 1.29 is 14.6 Å². The number of rotatable bonds is 5. The molecule has 1 unspecified atom stereocenters. The normalized spacial score (nSPS) is 12.1. The van der Waals surface area contributed by atoms with Gasteiger partial charge in [-0.05, 0) is 6.92 Å². The zero-order chi connectivity index (χ0) is 11.3. The molecular weight excluding hydrogens is 198 g/mol. The number of nitrogens with one attached hydrogen (secondary N) is 1. The first-order valence-corrected chi connectivity index (χ1v) is 4.42. The van der Waals surface area contributed by atoms with Gasteiger partial charge in [-0.15, -0.1) is 0 Å².